The van der Waals surface area contributed by atoms with Crippen LogP contribution in [0, 0.1) is 19.7 Å². The molecule has 28 heavy (non-hydrogen) atoms. The van der Waals surface area contributed by atoms with Gasteiger partial charge in [0, 0.05) is 17.4 Å². The number of pyridine rings is 1. The predicted octanol–water partition coefficient (Wildman–Crippen LogP) is 4.57. The maximum absolute atomic E-state index is 14.5. The summed E-state index contributed by atoms with van der Waals surface area (Å²) in [6.07, 6.45) is 0. The topological polar surface area (TPSA) is 78.9 Å². The van der Waals surface area contributed by atoms with Crippen LogP contribution in [0.2, 0.25) is 0 Å². The summed E-state index contributed by atoms with van der Waals surface area (Å²) >= 11 is 0. The molecule has 0 radical (unpaired) electrons. The number of rotatable bonds is 5. The van der Waals surface area contributed by atoms with Crippen LogP contribution in [0.3, 0.4) is 0 Å². The monoisotopic (exact) mass is 383 g/mol. The van der Waals surface area contributed by atoms with Gasteiger partial charge in [-0.1, -0.05) is 0 Å². The van der Waals surface area contributed by atoms with Gasteiger partial charge in [-0.2, -0.15) is 0 Å². The van der Waals surface area contributed by atoms with Gasteiger partial charge in [0.15, 0.2) is 17.2 Å². The zero-order valence-electron chi connectivity index (χ0n) is 17.1. The molecule has 0 aliphatic carbocycles. The van der Waals surface area contributed by atoms with Crippen LogP contribution in [0.15, 0.2) is 30.3 Å². The Balaban J connectivity index is 2.07. The number of anilines is 1. The Hall–Kier alpha value is -2.96. The lowest BCUT2D eigenvalue weighted by Crippen LogP contribution is -2.31. The Morgan fingerprint density at radius 2 is 1.82 bits per heavy atom. The lowest BCUT2D eigenvalue weighted by molar-refractivity contribution is 0.0909. The Bertz CT molecular complexity index is 1010. The number of benzene rings is 1. The van der Waals surface area contributed by atoms with Crippen molar-refractivity contribution < 1.29 is 9.13 Å². The molecule has 2 aromatic heterocycles. The van der Waals surface area contributed by atoms with Crippen LogP contribution < -0.4 is 10.5 Å². The van der Waals surface area contributed by atoms with Crippen LogP contribution in [-0.4, -0.2) is 19.7 Å². The predicted molar refractivity (Wildman–Crippen MR) is 108 cm³/mol. The molecule has 0 unspecified atom stereocenters. The van der Waals surface area contributed by atoms with Gasteiger partial charge in [0.05, 0.1) is 11.3 Å². The highest BCUT2D eigenvalue weighted by molar-refractivity contribution is 5.60. The SMILES string of the molecule is Cc1ccc(OC(C)(C)c2nnc(-c3ccc(N)cc3F)n2C(C)C)c(C)n1. The Morgan fingerprint density at radius 1 is 1.11 bits per heavy atom. The van der Waals surface area contributed by atoms with Gasteiger partial charge in [-0.25, -0.2) is 4.39 Å². The second-order valence-electron chi connectivity index (χ2n) is 7.70. The third kappa shape index (κ3) is 3.69. The maximum Gasteiger partial charge on any atom is 0.177 e. The molecule has 0 fully saturated rings. The smallest absolute Gasteiger partial charge is 0.177 e. The fourth-order valence-corrected chi connectivity index (χ4v) is 3.19. The molecule has 3 aromatic rings. The maximum atomic E-state index is 14.5. The number of nitrogen functional groups attached to an aromatic ring is 1. The highest BCUT2D eigenvalue weighted by Crippen LogP contribution is 2.33. The van der Waals surface area contributed by atoms with Gasteiger partial charge in [0.1, 0.15) is 11.6 Å². The van der Waals surface area contributed by atoms with E-state index in [0.29, 0.717) is 28.6 Å². The molecule has 148 valence electrons. The van der Waals surface area contributed by atoms with Crippen molar-refractivity contribution in [3.05, 3.63) is 53.4 Å². The Morgan fingerprint density at radius 3 is 2.43 bits per heavy atom. The average Bonchev–Trinajstić information content (AvgIpc) is 3.03. The molecule has 0 saturated heterocycles. The van der Waals surface area contributed by atoms with Crippen molar-refractivity contribution in [1.82, 2.24) is 19.7 Å². The van der Waals surface area contributed by atoms with Crippen molar-refractivity contribution in [2.24, 2.45) is 0 Å². The van der Waals surface area contributed by atoms with E-state index in [1.54, 1.807) is 12.1 Å². The van der Waals surface area contributed by atoms with Crippen LogP contribution >= 0.6 is 0 Å². The molecule has 2 N–H and O–H groups in total. The van der Waals surface area contributed by atoms with Crippen LogP contribution in [0.4, 0.5) is 10.1 Å². The first kappa shape index (κ1) is 19.8. The quantitative estimate of drug-likeness (QED) is 0.653. The highest BCUT2D eigenvalue weighted by atomic mass is 19.1. The second kappa shape index (κ2) is 7.22. The van der Waals surface area contributed by atoms with E-state index < -0.39 is 11.4 Å². The van der Waals surface area contributed by atoms with Gasteiger partial charge in [-0.05, 0) is 71.9 Å². The molecular formula is C21H26FN5O. The van der Waals surface area contributed by atoms with Crippen molar-refractivity contribution in [2.45, 2.75) is 53.2 Å². The van der Waals surface area contributed by atoms with Gasteiger partial charge in [0.25, 0.3) is 0 Å². The van der Waals surface area contributed by atoms with Crippen LogP contribution in [-0.2, 0) is 5.60 Å². The van der Waals surface area contributed by atoms with Crippen molar-refractivity contribution >= 4 is 5.69 Å². The lowest BCUT2D eigenvalue weighted by Gasteiger charge is -2.28. The number of halogens is 1. The van der Waals surface area contributed by atoms with E-state index in [1.807, 2.05) is 58.2 Å². The number of aryl methyl sites for hydroxylation is 2. The van der Waals surface area contributed by atoms with E-state index in [1.165, 1.54) is 6.07 Å². The zero-order valence-corrected chi connectivity index (χ0v) is 17.1. The number of hydrogen-bond donors (Lipinski definition) is 1. The minimum Gasteiger partial charge on any atom is -0.478 e. The van der Waals surface area contributed by atoms with E-state index >= 15 is 0 Å². The van der Waals surface area contributed by atoms with Crippen molar-refractivity contribution in [3.63, 3.8) is 0 Å². The number of hydrogen-bond acceptors (Lipinski definition) is 5. The highest BCUT2D eigenvalue weighted by Gasteiger charge is 2.33. The molecule has 0 bridgehead atoms. The molecule has 0 amide bonds. The molecule has 2 heterocycles. The lowest BCUT2D eigenvalue weighted by atomic mass is 10.1. The fraction of sp³-hybridized carbons (Fsp3) is 0.381. The number of nitrogens with zero attached hydrogens (tertiary/aromatic N) is 4. The zero-order chi connectivity index (χ0) is 20.6. The molecule has 3 rings (SSSR count). The summed E-state index contributed by atoms with van der Waals surface area (Å²) in [4.78, 5) is 4.45. The summed E-state index contributed by atoms with van der Waals surface area (Å²) in [5.41, 5.74) is 7.32. The molecule has 0 aliphatic heterocycles. The largest absolute Gasteiger partial charge is 0.478 e. The van der Waals surface area contributed by atoms with Crippen LogP contribution in [0.25, 0.3) is 11.4 Å². The first-order valence-electron chi connectivity index (χ1n) is 9.24. The van der Waals surface area contributed by atoms with Crippen molar-refractivity contribution in [1.29, 1.82) is 0 Å². The molecule has 6 nitrogen and oxygen atoms in total. The fourth-order valence-electron chi connectivity index (χ4n) is 3.19. The number of ether oxygens (including phenoxy) is 1. The molecule has 7 heteroatoms. The summed E-state index contributed by atoms with van der Waals surface area (Å²) in [7, 11) is 0. The van der Waals surface area contributed by atoms with Gasteiger partial charge in [-0.3, -0.25) is 4.98 Å². The summed E-state index contributed by atoms with van der Waals surface area (Å²) in [6.45, 7) is 11.7. The van der Waals surface area contributed by atoms with E-state index in [4.69, 9.17) is 10.5 Å². The normalized spacial score (nSPS) is 11.9. The Labute approximate surface area is 164 Å². The number of nitrogens with two attached hydrogens (primary N) is 1. The summed E-state index contributed by atoms with van der Waals surface area (Å²) in [6, 6.07) is 8.37. The third-order valence-corrected chi connectivity index (χ3v) is 4.53. The molecule has 0 saturated carbocycles. The summed E-state index contributed by atoms with van der Waals surface area (Å²) < 4.78 is 22.7. The van der Waals surface area contributed by atoms with Gasteiger partial charge in [0.2, 0.25) is 0 Å². The van der Waals surface area contributed by atoms with Crippen molar-refractivity contribution in [2.75, 3.05) is 5.73 Å². The Kier molecular flexibility index (Phi) is 5.10. The molecular weight excluding hydrogens is 357 g/mol. The summed E-state index contributed by atoms with van der Waals surface area (Å²) in [5.74, 6) is 1.29. The average molecular weight is 383 g/mol. The number of aromatic nitrogens is 4. The van der Waals surface area contributed by atoms with Crippen LogP contribution in [0.5, 0.6) is 5.75 Å². The first-order valence-corrected chi connectivity index (χ1v) is 9.24. The van der Waals surface area contributed by atoms with Crippen molar-refractivity contribution in [3.8, 4) is 17.1 Å². The van der Waals surface area contributed by atoms with Crippen LogP contribution in [0.1, 0.15) is 50.9 Å². The van der Waals surface area contributed by atoms with E-state index in [-0.39, 0.29) is 6.04 Å². The van der Waals surface area contributed by atoms with E-state index in [2.05, 4.69) is 15.2 Å². The molecule has 0 atom stereocenters. The van der Waals surface area contributed by atoms with E-state index in [9.17, 15) is 4.39 Å². The van der Waals surface area contributed by atoms with Gasteiger partial charge < -0.3 is 15.0 Å². The molecule has 0 spiro atoms. The molecule has 1 aromatic carbocycles. The minimum absolute atomic E-state index is 0.00271. The third-order valence-electron chi connectivity index (χ3n) is 4.53. The second-order valence-corrected chi connectivity index (χ2v) is 7.70. The summed E-state index contributed by atoms with van der Waals surface area (Å²) in [5, 5.41) is 8.64. The van der Waals surface area contributed by atoms with E-state index in [0.717, 1.165) is 11.4 Å². The van der Waals surface area contributed by atoms with Gasteiger partial charge in [-0.15, -0.1) is 10.2 Å². The standard InChI is InChI=1S/C21H26FN5O/c1-12(2)27-19(16-9-8-15(23)11-17(16)22)25-26-20(27)21(5,6)28-18-10-7-13(3)24-14(18)4/h7-12H,23H2,1-6H3. The molecule has 0 aliphatic rings. The van der Waals surface area contributed by atoms with Gasteiger partial charge >= 0.3 is 0 Å². The first-order chi connectivity index (χ1) is 13.1. The minimum atomic E-state index is -0.804.